The molecule has 0 radical (unpaired) electrons. The molecule has 0 saturated carbocycles. The molecule has 1 fully saturated rings. The number of hydrogen-bond acceptors (Lipinski definition) is 3. The fourth-order valence-electron chi connectivity index (χ4n) is 2.79. The first-order valence-electron chi connectivity index (χ1n) is 7.05. The van der Waals surface area contributed by atoms with Gasteiger partial charge in [-0.15, -0.1) is 0 Å². The highest BCUT2D eigenvalue weighted by molar-refractivity contribution is 5.23. The third kappa shape index (κ3) is 3.25. The molecule has 1 N–H and O–H groups in total. The van der Waals surface area contributed by atoms with Gasteiger partial charge < -0.3 is 9.88 Å². The number of nitrogens with zero attached hydrogens (tertiary/aromatic N) is 2. The van der Waals surface area contributed by atoms with Crippen LogP contribution in [0.3, 0.4) is 0 Å². The zero-order valence-electron chi connectivity index (χ0n) is 12.5. The lowest BCUT2D eigenvalue weighted by Crippen LogP contribution is -2.44. The van der Waals surface area contributed by atoms with Crippen LogP contribution in [-0.4, -0.2) is 48.0 Å². The van der Waals surface area contributed by atoms with Crippen LogP contribution in [0.1, 0.15) is 29.7 Å². The summed E-state index contributed by atoms with van der Waals surface area (Å²) >= 11 is 0. The third-order valence-electron chi connectivity index (χ3n) is 4.21. The van der Waals surface area contributed by atoms with Crippen LogP contribution >= 0.6 is 0 Å². The summed E-state index contributed by atoms with van der Waals surface area (Å²) in [6.07, 6.45) is 4.34. The van der Waals surface area contributed by atoms with E-state index in [0.717, 1.165) is 36.5 Å². The molecular weight excluding hydrogens is 238 g/mol. The molecule has 1 aliphatic rings. The highest BCUT2D eigenvalue weighted by atomic mass is 16.1. The van der Waals surface area contributed by atoms with Crippen molar-refractivity contribution in [1.82, 2.24) is 14.8 Å². The molecule has 1 aliphatic heterocycles. The molecule has 0 bridgehead atoms. The molecule has 2 rings (SSSR count). The Morgan fingerprint density at radius 1 is 1.42 bits per heavy atom. The number of aromatic amines is 1. The molecule has 4 heteroatoms. The maximum Gasteiger partial charge on any atom is 0.187 e. The Hall–Kier alpha value is -1.13. The van der Waals surface area contributed by atoms with E-state index in [1.54, 1.807) is 0 Å². The second-order valence-electron chi connectivity index (χ2n) is 5.90. The zero-order chi connectivity index (χ0) is 14.0. The van der Waals surface area contributed by atoms with Gasteiger partial charge in [-0.05, 0) is 47.3 Å². The number of pyridine rings is 1. The maximum atomic E-state index is 12.0. The Morgan fingerprint density at radius 3 is 2.84 bits per heavy atom. The summed E-state index contributed by atoms with van der Waals surface area (Å²) in [6.45, 7) is 6.85. The number of piperidine rings is 1. The summed E-state index contributed by atoms with van der Waals surface area (Å²) < 4.78 is 0. The van der Waals surface area contributed by atoms with E-state index in [9.17, 15) is 4.79 Å². The van der Waals surface area contributed by atoms with Gasteiger partial charge in [0.1, 0.15) is 0 Å². The molecule has 0 aliphatic carbocycles. The van der Waals surface area contributed by atoms with Crippen molar-refractivity contribution in [3.8, 4) is 0 Å². The van der Waals surface area contributed by atoms with Crippen molar-refractivity contribution in [3.05, 3.63) is 33.2 Å². The monoisotopic (exact) mass is 263 g/mol. The molecule has 4 nitrogen and oxygen atoms in total. The Kier molecular flexibility index (Phi) is 4.42. The molecule has 0 amide bonds. The quantitative estimate of drug-likeness (QED) is 0.898. The minimum atomic E-state index is 0.176. The number of likely N-dealkylation sites (tertiary alicyclic amines) is 1. The van der Waals surface area contributed by atoms with Crippen LogP contribution in [0.4, 0.5) is 0 Å². The van der Waals surface area contributed by atoms with E-state index in [2.05, 4.69) is 28.9 Å². The minimum absolute atomic E-state index is 0.176. The number of likely N-dealkylation sites (N-methyl/N-ethyl adjacent to an activating group) is 1. The lowest BCUT2D eigenvalue weighted by atomic mass is 10.0. The van der Waals surface area contributed by atoms with Crippen LogP contribution in [0.15, 0.2) is 11.0 Å². The van der Waals surface area contributed by atoms with Gasteiger partial charge in [0, 0.05) is 42.1 Å². The lowest BCUT2D eigenvalue weighted by Gasteiger charge is -2.36. The van der Waals surface area contributed by atoms with Crippen LogP contribution in [-0.2, 0) is 6.54 Å². The number of aromatic nitrogens is 1. The normalized spacial score (nSPS) is 21.0. The molecule has 0 aromatic carbocycles. The van der Waals surface area contributed by atoms with Crippen molar-refractivity contribution in [2.75, 3.05) is 27.2 Å². The summed E-state index contributed by atoms with van der Waals surface area (Å²) in [4.78, 5) is 20.0. The van der Waals surface area contributed by atoms with E-state index in [1.165, 1.54) is 12.8 Å². The molecular formula is C15H25N3O. The van der Waals surface area contributed by atoms with Crippen LogP contribution < -0.4 is 5.43 Å². The summed E-state index contributed by atoms with van der Waals surface area (Å²) in [6, 6.07) is 0.631. The van der Waals surface area contributed by atoms with Gasteiger partial charge in [-0.2, -0.15) is 0 Å². The highest BCUT2D eigenvalue weighted by Gasteiger charge is 2.22. The van der Waals surface area contributed by atoms with Gasteiger partial charge in [-0.1, -0.05) is 0 Å². The van der Waals surface area contributed by atoms with Crippen molar-refractivity contribution in [3.63, 3.8) is 0 Å². The zero-order valence-corrected chi connectivity index (χ0v) is 12.5. The first-order valence-corrected chi connectivity index (χ1v) is 7.05. The molecule has 1 unspecified atom stereocenters. The third-order valence-corrected chi connectivity index (χ3v) is 4.21. The van der Waals surface area contributed by atoms with Gasteiger partial charge in [-0.3, -0.25) is 9.69 Å². The maximum absolute atomic E-state index is 12.0. The number of rotatable bonds is 3. The van der Waals surface area contributed by atoms with E-state index in [-0.39, 0.29) is 5.43 Å². The van der Waals surface area contributed by atoms with E-state index >= 15 is 0 Å². The van der Waals surface area contributed by atoms with Gasteiger partial charge >= 0.3 is 0 Å². The lowest BCUT2D eigenvalue weighted by molar-refractivity contribution is 0.126. The second kappa shape index (κ2) is 5.88. The van der Waals surface area contributed by atoms with E-state index in [0.29, 0.717) is 6.04 Å². The Morgan fingerprint density at radius 2 is 2.16 bits per heavy atom. The van der Waals surface area contributed by atoms with Gasteiger partial charge in [0.25, 0.3) is 0 Å². The van der Waals surface area contributed by atoms with E-state index in [1.807, 2.05) is 20.0 Å². The van der Waals surface area contributed by atoms with Crippen LogP contribution in [0.2, 0.25) is 0 Å². The summed E-state index contributed by atoms with van der Waals surface area (Å²) in [5.41, 5.74) is 2.91. The second-order valence-corrected chi connectivity index (χ2v) is 5.90. The Labute approximate surface area is 115 Å². The van der Waals surface area contributed by atoms with E-state index < -0.39 is 0 Å². The first kappa shape index (κ1) is 14.3. The molecule has 0 spiro atoms. The molecule has 2 heterocycles. The topological polar surface area (TPSA) is 39.3 Å². The van der Waals surface area contributed by atoms with Crippen molar-refractivity contribution in [1.29, 1.82) is 0 Å². The number of H-pyrrole nitrogens is 1. The minimum Gasteiger partial charge on any atom is -0.363 e. The molecule has 1 aromatic heterocycles. The summed E-state index contributed by atoms with van der Waals surface area (Å²) in [5.74, 6) is 0. The largest absolute Gasteiger partial charge is 0.363 e. The van der Waals surface area contributed by atoms with Gasteiger partial charge in [0.05, 0.1) is 0 Å². The van der Waals surface area contributed by atoms with Gasteiger partial charge in [-0.25, -0.2) is 0 Å². The predicted octanol–water partition coefficient (Wildman–Crippen LogP) is 1.52. The number of nitrogens with one attached hydrogen (secondary N) is 1. The van der Waals surface area contributed by atoms with Gasteiger partial charge in [0.15, 0.2) is 5.43 Å². The molecule has 1 saturated heterocycles. The average Bonchev–Trinajstić information content (AvgIpc) is 2.40. The Bertz CT molecular complexity index is 493. The number of aryl methyl sites for hydroxylation is 1. The predicted molar refractivity (Wildman–Crippen MR) is 78.5 cm³/mol. The molecule has 106 valence electrons. The Balaban J connectivity index is 2.09. The van der Waals surface area contributed by atoms with Gasteiger partial charge in [0.2, 0.25) is 0 Å². The highest BCUT2D eigenvalue weighted by Crippen LogP contribution is 2.16. The van der Waals surface area contributed by atoms with Crippen LogP contribution in [0, 0.1) is 13.8 Å². The van der Waals surface area contributed by atoms with Crippen LogP contribution in [0.5, 0.6) is 0 Å². The fourth-order valence-corrected chi connectivity index (χ4v) is 2.79. The molecule has 1 atom stereocenters. The summed E-state index contributed by atoms with van der Waals surface area (Å²) in [5, 5.41) is 0. The van der Waals surface area contributed by atoms with Crippen LogP contribution in [0.25, 0.3) is 0 Å². The standard InChI is InChI=1S/C15H25N3O/c1-11-8-16-14(12(2)15(11)19)10-18-7-5-6-13(9-18)17(3)4/h8,13H,5-7,9-10H2,1-4H3,(H,16,19). The van der Waals surface area contributed by atoms with E-state index in [4.69, 9.17) is 0 Å². The average molecular weight is 263 g/mol. The first-order chi connectivity index (χ1) is 8.99. The summed E-state index contributed by atoms with van der Waals surface area (Å²) in [7, 11) is 4.29. The SMILES string of the molecule is Cc1c[nH]c(CN2CCCC(N(C)C)C2)c(C)c1=O. The number of hydrogen-bond donors (Lipinski definition) is 1. The molecule has 19 heavy (non-hydrogen) atoms. The van der Waals surface area contributed by atoms with Crippen molar-refractivity contribution >= 4 is 0 Å². The fraction of sp³-hybridized carbons (Fsp3) is 0.667. The molecule has 1 aromatic rings. The van der Waals surface area contributed by atoms with Crippen molar-refractivity contribution in [2.24, 2.45) is 0 Å². The van der Waals surface area contributed by atoms with Crippen molar-refractivity contribution in [2.45, 2.75) is 39.3 Å². The smallest absolute Gasteiger partial charge is 0.187 e. The van der Waals surface area contributed by atoms with Crippen molar-refractivity contribution < 1.29 is 0 Å².